The number of carbonyl (C=O) groups is 2. The molecule has 0 fully saturated rings. The van der Waals surface area contributed by atoms with Crippen molar-refractivity contribution in [3.05, 3.63) is 72.2 Å². The van der Waals surface area contributed by atoms with Crippen molar-refractivity contribution in [3.8, 4) is 11.1 Å². The van der Waals surface area contributed by atoms with Crippen molar-refractivity contribution in [2.45, 2.75) is 0 Å². The molecule has 0 bridgehead atoms. The molecule has 0 N–H and O–H groups in total. The van der Waals surface area contributed by atoms with Crippen LogP contribution in [0.3, 0.4) is 0 Å². The molecule has 122 valence electrons. The molecule has 1 heterocycles. The van der Waals surface area contributed by atoms with Crippen LogP contribution < -0.4 is 0 Å². The van der Waals surface area contributed by atoms with E-state index < -0.39 is 5.97 Å². The lowest BCUT2D eigenvalue weighted by atomic mass is 10.0. The summed E-state index contributed by atoms with van der Waals surface area (Å²) in [6, 6.07) is 17.0. The molecule has 3 rings (SSSR count). The van der Waals surface area contributed by atoms with Gasteiger partial charge in [-0.05, 0) is 11.1 Å². The fourth-order valence-electron chi connectivity index (χ4n) is 2.24. The van der Waals surface area contributed by atoms with Crippen LogP contribution in [-0.2, 0) is 19.0 Å². The van der Waals surface area contributed by atoms with Crippen LogP contribution in [-0.4, -0.2) is 31.6 Å². The molecule has 2 aromatic carbocycles. The number of Topliss-reactive ketones (excluding diaryl/α,β-unsaturated/α-hetero) is 1. The first-order valence-electron chi connectivity index (χ1n) is 7.54. The van der Waals surface area contributed by atoms with Crippen molar-refractivity contribution in [1.82, 2.24) is 0 Å². The summed E-state index contributed by atoms with van der Waals surface area (Å²) >= 11 is 0. The number of benzene rings is 2. The van der Waals surface area contributed by atoms with E-state index in [0.29, 0.717) is 12.2 Å². The molecule has 5 heteroatoms. The smallest absolute Gasteiger partial charge is 0.377 e. The first-order valence-corrected chi connectivity index (χ1v) is 7.54. The minimum absolute atomic E-state index is 0.0199. The Morgan fingerprint density at radius 2 is 1.62 bits per heavy atom. The zero-order chi connectivity index (χ0) is 16.8. The van der Waals surface area contributed by atoms with E-state index in [2.05, 4.69) is 0 Å². The van der Waals surface area contributed by atoms with Crippen molar-refractivity contribution in [2.24, 2.45) is 0 Å². The molecule has 5 nitrogen and oxygen atoms in total. The molecule has 0 aromatic heterocycles. The maximum Gasteiger partial charge on any atom is 0.377 e. The van der Waals surface area contributed by atoms with Crippen LogP contribution in [0.1, 0.15) is 10.4 Å². The van der Waals surface area contributed by atoms with Crippen LogP contribution in [0.2, 0.25) is 0 Å². The molecule has 24 heavy (non-hydrogen) atoms. The summed E-state index contributed by atoms with van der Waals surface area (Å²) in [4.78, 5) is 23.8. The van der Waals surface area contributed by atoms with Gasteiger partial charge in [0, 0.05) is 5.56 Å². The SMILES string of the molecule is O=C(OCC(=O)c1ccc(-c2ccccc2)cc1)C1=COCCO1. The zero-order valence-electron chi connectivity index (χ0n) is 12.9. The van der Waals surface area contributed by atoms with E-state index in [0.717, 1.165) is 11.1 Å². The highest BCUT2D eigenvalue weighted by atomic mass is 16.6. The average Bonchev–Trinajstić information content (AvgIpc) is 2.67. The Morgan fingerprint density at radius 3 is 2.29 bits per heavy atom. The second kappa shape index (κ2) is 7.46. The van der Waals surface area contributed by atoms with Crippen molar-refractivity contribution in [2.75, 3.05) is 19.8 Å². The summed E-state index contributed by atoms with van der Waals surface area (Å²) < 4.78 is 15.0. The monoisotopic (exact) mass is 324 g/mol. The number of hydrogen-bond donors (Lipinski definition) is 0. The van der Waals surface area contributed by atoms with Crippen molar-refractivity contribution < 1.29 is 23.8 Å². The first-order chi connectivity index (χ1) is 11.7. The maximum atomic E-state index is 12.1. The van der Waals surface area contributed by atoms with E-state index in [9.17, 15) is 9.59 Å². The van der Waals surface area contributed by atoms with Crippen LogP contribution in [0.25, 0.3) is 11.1 Å². The van der Waals surface area contributed by atoms with Crippen molar-refractivity contribution >= 4 is 11.8 Å². The lowest BCUT2D eigenvalue weighted by Crippen LogP contribution is -2.20. The zero-order valence-corrected chi connectivity index (χ0v) is 12.9. The molecule has 0 radical (unpaired) electrons. The Kier molecular flexibility index (Phi) is 4.91. The van der Waals surface area contributed by atoms with Gasteiger partial charge in [0.25, 0.3) is 0 Å². The number of ether oxygens (including phenoxy) is 3. The summed E-state index contributed by atoms with van der Waals surface area (Å²) in [5.41, 5.74) is 2.57. The molecule has 0 unspecified atom stereocenters. The second-order valence-electron chi connectivity index (χ2n) is 5.14. The van der Waals surface area contributed by atoms with E-state index in [1.165, 1.54) is 6.26 Å². The number of carbonyl (C=O) groups excluding carboxylic acids is 2. The largest absolute Gasteiger partial charge is 0.493 e. The molecule has 0 aliphatic carbocycles. The number of ketones is 1. The Labute approximate surface area is 139 Å². The summed E-state index contributed by atoms with van der Waals surface area (Å²) in [5.74, 6) is -1.00. The molecule has 0 amide bonds. The standard InChI is InChI=1S/C19H16O5/c20-17(12-24-19(21)18-13-22-10-11-23-18)16-8-6-15(7-9-16)14-4-2-1-3-5-14/h1-9,13H,10-12H2. The quantitative estimate of drug-likeness (QED) is 0.625. The molecule has 1 aliphatic heterocycles. The van der Waals surface area contributed by atoms with Gasteiger partial charge in [0.2, 0.25) is 5.76 Å². The predicted octanol–water partition coefficient (Wildman–Crippen LogP) is 2.97. The first kappa shape index (κ1) is 15.8. The molecule has 2 aromatic rings. The van der Waals surface area contributed by atoms with Gasteiger partial charge < -0.3 is 14.2 Å². The van der Waals surface area contributed by atoms with Crippen LogP contribution >= 0.6 is 0 Å². The molecule has 1 aliphatic rings. The molecule has 0 saturated heterocycles. The van der Waals surface area contributed by atoms with E-state index in [4.69, 9.17) is 14.2 Å². The normalized spacial score (nSPS) is 13.2. The fourth-order valence-corrected chi connectivity index (χ4v) is 2.24. The van der Waals surface area contributed by atoms with E-state index in [1.807, 2.05) is 42.5 Å². The van der Waals surface area contributed by atoms with Crippen molar-refractivity contribution in [1.29, 1.82) is 0 Å². The predicted molar refractivity (Wildman–Crippen MR) is 87.2 cm³/mol. The minimum Gasteiger partial charge on any atom is -0.493 e. The Bertz CT molecular complexity index is 747. The fraction of sp³-hybridized carbons (Fsp3) is 0.158. The molecule has 0 saturated carbocycles. The van der Waals surface area contributed by atoms with Gasteiger partial charge in [-0.1, -0.05) is 54.6 Å². The highest BCUT2D eigenvalue weighted by Crippen LogP contribution is 2.19. The van der Waals surface area contributed by atoms with Gasteiger partial charge in [0.15, 0.2) is 12.4 Å². The second-order valence-corrected chi connectivity index (χ2v) is 5.14. The van der Waals surface area contributed by atoms with Crippen LogP contribution in [0.15, 0.2) is 66.6 Å². The lowest BCUT2D eigenvalue weighted by molar-refractivity contribution is -0.143. The van der Waals surface area contributed by atoms with Gasteiger partial charge in [0.1, 0.15) is 19.5 Å². The molecule has 0 spiro atoms. The summed E-state index contributed by atoms with van der Waals surface area (Å²) in [6.45, 7) is 0.337. The van der Waals surface area contributed by atoms with Crippen LogP contribution in [0.5, 0.6) is 0 Å². The Morgan fingerprint density at radius 1 is 0.917 bits per heavy atom. The van der Waals surface area contributed by atoms with Gasteiger partial charge in [-0.2, -0.15) is 0 Å². The number of rotatable bonds is 5. The third-order valence-electron chi connectivity index (χ3n) is 3.50. The summed E-state index contributed by atoms with van der Waals surface area (Å²) in [5, 5.41) is 0. The highest BCUT2D eigenvalue weighted by Gasteiger charge is 2.18. The van der Waals surface area contributed by atoms with Gasteiger partial charge in [-0.25, -0.2) is 4.79 Å². The number of hydrogen-bond acceptors (Lipinski definition) is 5. The third-order valence-corrected chi connectivity index (χ3v) is 3.50. The number of esters is 1. The molecular weight excluding hydrogens is 308 g/mol. The van der Waals surface area contributed by atoms with Gasteiger partial charge in [0.05, 0.1) is 0 Å². The maximum absolute atomic E-state index is 12.1. The van der Waals surface area contributed by atoms with E-state index >= 15 is 0 Å². The summed E-state index contributed by atoms with van der Waals surface area (Å²) in [6.07, 6.45) is 1.20. The molecule has 0 atom stereocenters. The minimum atomic E-state index is -0.705. The lowest BCUT2D eigenvalue weighted by Gasteiger charge is -2.14. The van der Waals surface area contributed by atoms with Crippen LogP contribution in [0.4, 0.5) is 0 Å². The Hall–Kier alpha value is -3.08. The molecular formula is C19H16O5. The van der Waals surface area contributed by atoms with E-state index in [-0.39, 0.29) is 24.8 Å². The van der Waals surface area contributed by atoms with Gasteiger partial charge in [-0.15, -0.1) is 0 Å². The van der Waals surface area contributed by atoms with E-state index in [1.54, 1.807) is 12.1 Å². The summed E-state index contributed by atoms with van der Waals surface area (Å²) in [7, 11) is 0. The van der Waals surface area contributed by atoms with Crippen molar-refractivity contribution in [3.63, 3.8) is 0 Å². The highest BCUT2D eigenvalue weighted by molar-refractivity contribution is 5.99. The van der Waals surface area contributed by atoms with Gasteiger partial charge >= 0.3 is 5.97 Å². The van der Waals surface area contributed by atoms with Gasteiger partial charge in [-0.3, -0.25) is 4.79 Å². The van der Waals surface area contributed by atoms with Crippen LogP contribution in [0, 0.1) is 0 Å². The topological polar surface area (TPSA) is 61.8 Å². The Balaban J connectivity index is 1.59. The third kappa shape index (κ3) is 3.81. The average molecular weight is 324 g/mol.